The van der Waals surface area contributed by atoms with Gasteiger partial charge in [0.05, 0.1) is 6.10 Å². The zero-order chi connectivity index (χ0) is 12.4. The van der Waals surface area contributed by atoms with Gasteiger partial charge in [-0.25, -0.2) is 0 Å². The summed E-state index contributed by atoms with van der Waals surface area (Å²) in [4.78, 5) is 3.34. The van der Waals surface area contributed by atoms with Crippen molar-refractivity contribution < 1.29 is 4.74 Å². The molecule has 92 valence electrons. The predicted molar refractivity (Wildman–Crippen MR) is 71.3 cm³/mol. The molecular weight excluding hydrogens is 212 g/mol. The number of ether oxygens (including phenoxy) is 1. The van der Waals surface area contributed by atoms with Crippen LogP contribution in [0.3, 0.4) is 0 Å². The Balaban J connectivity index is 2.41. The summed E-state index contributed by atoms with van der Waals surface area (Å²) in [5, 5.41) is 1.17. The Morgan fingerprint density at radius 1 is 1.41 bits per heavy atom. The number of benzene rings is 1. The summed E-state index contributed by atoms with van der Waals surface area (Å²) in [7, 11) is 0. The molecule has 0 aliphatic carbocycles. The van der Waals surface area contributed by atoms with Crippen molar-refractivity contribution in [1.82, 2.24) is 4.98 Å². The molecule has 3 heteroatoms. The summed E-state index contributed by atoms with van der Waals surface area (Å²) in [6.45, 7) is 6.81. The molecule has 3 N–H and O–H groups in total. The molecule has 0 saturated heterocycles. The molecule has 0 fully saturated rings. The van der Waals surface area contributed by atoms with Gasteiger partial charge in [-0.3, -0.25) is 0 Å². The van der Waals surface area contributed by atoms with E-state index in [2.05, 4.69) is 37.9 Å². The van der Waals surface area contributed by atoms with Crippen LogP contribution in [0.1, 0.15) is 31.5 Å². The van der Waals surface area contributed by atoms with Gasteiger partial charge in [-0.1, -0.05) is 6.92 Å². The van der Waals surface area contributed by atoms with Crippen LogP contribution in [0.4, 0.5) is 0 Å². The van der Waals surface area contributed by atoms with E-state index in [-0.39, 0.29) is 6.10 Å². The lowest BCUT2D eigenvalue weighted by Crippen LogP contribution is -2.09. The van der Waals surface area contributed by atoms with Crippen molar-refractivity contribution in [3.8, 4) is 5.75 Å². The minimum atomic E-state index is 0.244. The maximum Gasteiger partial charge on any atom is 0.120 e. The average molecular weight is 232 g/mol. The standard InChI is InChI=1S/C14H20N2O/c1-4-9(2)17-11-5-6-14-12(7-11)13(8-15)10(3)16-14/h5-7,9,16H,4,8,15H2,1-3H3/t9-/m0/s1. The first-order valence-electron chi connectivity index (χ1n) is 6.13. The average Bonchev–Trinajstić information content (AvgIpc) is 2.63. The van der Waals surface area contributed by atoms with E-state index in [0.29, 0.717) is 6.54 Å². The number of aromatic amines is 1. The van der Waals surface area contributed by atoms with E-state index in [0.717, 1.165) is 23.4 Å². The molecule has 0 saturated carbocycles. The van der Waals surface area contributed by atoms with Gasteiger partial charge >= 0.3 is 0 Å². The highest BCUT2D eigenvalue weighted by atomic mass is 16.5. The van der Waals surface area contributed by atoms with Crippen LogP contribution < -0.4 is 10.5 Å². The van der Waals surface area contributed by atoms with Crippen molar-refractivity contribution in [2.75, 3.05) is 0 Å². The highest BCUT2D eigenvalue weighted by molar-refractivity contribution is 5.85. The quantitative estimate of drug-likeness (QED) is 0.851. The molecule has 1 aromatic carbocycles. The molecule has 0 bridgehead atoms. The Hall–Kier alpha value is -1.48. The maximum atomic E-state index is 5.83. The van der Waals surface area contributed by atoms with Crippen LogP contribution in [0, 0.1) is 6.92 Å². The Labute approximate surface area is 102 Å². The van der Waals surface area contributed by atoms with Crippen LogP contribution in [-0.2, 0) is 6.54 Å². The number of fused-ring (bicyclic) bond motifs is 1. The van der Waals surface area contributed by atoms with E-state index in [1.807, 2.05) is 6.07 Å². The largest absolute Gasteiger partial charge is 0.491 e. The minimum Gasteiger partial charge on any atom is -0.491 e. The Morgan fingerprint density at radius 3 is 2.82 bits per heavy atom. The molecule has 0 spiro atoms. The molecule has 1 aromatic heterocycles. The zero-order valence-corrected chi connectivity index (χ0v) is 10.7. The second-order valence-electron chi connectivity index (χ2n) is 4.48. The normalized spacial score (nSPS) is 12.9. The third kappa shape index (κ3) is 2.29. The maximum absolute atomic E-state index is 5.83. The molecule has 0 aliphatic heterocycles. The third-order valence-corrected chi connectivity index (χ3v) is 3.21. The Bertz CT molecular complexity index is 516. The van der Waals surface area contributed by atoms with Crippen molar-refractivity contribution in [3.63, 3.8) is 0 Å². The first-order valence-corrected chi connectivity index (χ1v) is 6.13. The molecule has 0 unspecified atom stereocenters. The number of rotatable bonds is 4. The lowest BCUT2D eigenvalue weighted by atomic mass is 10.1. The lowest BCUT2D eigenvalue weighted by Gasteiger charge is -2.12. The van der Waals surface area contributed by atoms with Crippen LogP contribution in [0.15, 0.2) is 18.2 Å². The van der Waals surface area contributed by atoms with Gasteiger partial charge in [0.25, 0.3) is 0 Å². The molecule has 0 radical (unpaired) electrons. The molecular formula is C14H20N2O. The van der Waals surface area contributed by atoms with Gasteiger partial charge in [0.2, 0.25) is 0 Å². The summed E-state index contributed by atoms with van der Waals surface area (Å²) < 4.78 is 5.83. The van der Waals surface area contributed by atoms with Gasteiger partial charge in [0.1, 0.15) is 5.75 Å². The fourth-order valence-electron chi connectivity index (χ4n) is 2.01. The van der Waals surface area contributed by atoms with E-state index >= 15 is 0 Å². The smallest absolute Gasteiger partial charge is 0.120 e. The van der Waals surface area contributed by atoms with Gasteiger partial charge in [-0.15, -0.1) is 0 Å². The number of aromatic nitrogens is 1. The van der Waals surface area contributed by atoms with Crippen LogP contribution in [-0.4, -0.2) is 11.1 Å². The molecule has 0 amide bonds. The zero-order valence-electron chi connectivity index (χ0n) is 10.7. The van der Waals surface area contributed by atoms with Crippen molar-refractivity contribution in [1.29, 1.82) is 0 Å². The number of H-pyrrole nitrogens is 1. The van der Waals surface area contributed by atoms with Gasteiger partial charge in [-0.2, -0.15) is 0 Å². The van der Waals surface area contributed by atoms with Gasteiger partial charge in [0.15, 0.2) is 0 Å². The van der Waals surface area contributed by atoms with Gasteiger partial charge in [-0.05, 0) is 44.0 Å². The van der Waals surface area contributed by atoms with E-state index in [9.17, 15) is 0 Å². The minimum absolute atomic E-state index is 0.244. The molecule has 0 aliphatic rings. The number of nitrogens with one attached hydrogen (secondary N) is 1. The highest BCUT2D eigenvalue weighted by Crippen LogP contribution is 2.26. The summed E-state index contributed by atoms with van der Waals surface area (Å²) in [6.07, 6.45) is 1.25. The first-order chi connectivity index (χ1) is 8.15. The molecule has 2 rings (SSSR count). The lowest BCUT2D eigenvalue weighted by molar-refractivity contribution is 0.218. The number of nitrogens with two attached hydrogens (primary N) is 1. The van der Waals surface area contributed by atoms with Crippen LogP contribution in [0.25, 0.3) is 10.9 Å². The van der Waals surface area contributed by atoms with E-state index in [4.69, 9.17) is 10.5 Å². The number of hydrogen-bond donors (Lipinski definition) is 2. The summed E-state index contributed by atoms with van der Waals surface area (Å²) in [5.74, 6) is 0.917. The summed E-state index contributed by atoms with van der Waals surface area (Å²) in [6, 6.07) is 6.14. The molecule has 17 heavy (non-hydrogen) atoms. The fourth-order valence-corrected chi connectivity index (χ4v) is 2.01. The molecule has 1 heterocycles. The SMILES string of the molecule is CC[C@H](C)Oc1ccc2[nH]c(C)c(CN)c2c1. The Morgan fingerprint density at radius 2 is 2.18 bits per heavy atom. The predicted octanol–water partition coefficient (Wildman–Crippen LogP) is 3.11. The molecule has 1 atom stereocenters. The van der Waals surface area contributed by atoms with Crippen LogP contribution >= 0.6 is 0 Å². The fraction of sp³-hybridized carbons (Fsp3) is 0.429. The second-order valence-corrected chi connectivity index (χ2v) is 4.48. The van der Waals surface area contributed by atoms with Crippen LogP contribution in [0.2, 0.25) is 0 Å². The van der Waals surface area contributed by atoms with Gasteiger partial charge < -0.3 is 15.5 Å². The third-order valence-electron chi connectivity index (χ3n) is 3.21. The number of aryl methyl sites for hydroxylation is 1. The summed E-state index contributed by atoms with van der Waals surface area (Å²) >= 11 is 0. The summed E-state index contributed by atoms with van der Waals surface area (Å²) in [5.41, 5.74) is 9.22. The second kappa shape index (κ2) is 4.80. The highest BCUT2D eigenvalue weighted by Gasteiger charge is 2.09. The van der Waals surface area contributed by atoms with Gasteiger partial charge in [0, 0.05) is 23.1 Å². The number of hydrogen-bond acceptors (Lipinski definition) is 2. The first kappa shape index (κ1) is 12.0. The topological polar surface area (TPSA) is 51.0 Å². The Kier molecular flexibility index (Phi) is 3.38. The van der Waals surface area contributed by atoms with E-state index in [1.54, 1.807) is 0 Å². The van der Waals surface area contributed by atoms with Crippen molar-refractivity contribution in [3.05, 3.63) is 29.5 Å². The van der Waals surface area contributed by atoms with Crippen molar-refractivity contribution in [2.24, 2.45) is 5.73 Å². The van der Waals surface area contributed by atoms with E-state index < -0.39 is 0 Å². The van der Waals surface area contributed by atoms with Crippen molar-refractivity contribution in [2.45, 2.75) is 39.8 Å². The van der Waals surface area contributed by atoms with Crippen molar-refractivity contribution >= 4 is 10.9 Å². The van der Waals surface area contributed by atoms with E-state index in [1.165, 1.54) is 10.9 Å². The molecule has 3 nitrogen and oxygen atoms in total. The van der Waals surface area contributed by atoms with Crippen LogP contribution in [0.5, 0.6) is 5.75 Å². The molecule has 2 aromatic rings. The monoisotopic (exact) mass is 232 g/mol.